The van der Waals surface area contributed by atoms with E-state index in [0.29, 0.717) is 92.2 Å². The molecule has 3 fully saturated rings. The Balaban J connectivity index is 0.000000159. The van der Waals surface area contributed by atoms with E-state index in [4.69, 9.17) is 117 Å². The maximum atomic E-state index is 11.5. The zero-order valence-electron chi connectivity index (χ0n) is 71.2. The van der Waals surface area contributed by atoms with Gasteiger partial charge in [0.05, 0.1) is 89.4 Å². The largest absolute Gasteiger partial charge is 0.494 e. The predicted molar refractivity (Wildman–Crippen MR) is 513 cm³/mol. The summed E-state index contributed by atoms with van der Waals surface area (Å²) in [6.45, 7) is 26.1. The predicted octanol–water partition coefficient (Wildman–Crippen LogP) is 21.6. The number of hydrogen-bond acceptors (Lipinski definition) is 16. The van der Waals surface area contributed by atoms with Gasteiger partial charge in [-0.2, -0.15) is 0 Å². The molecule has 20 nitrogen and oxygen atoms in total. The first-order valence-electron chi connectivity index (χ1n) is 43.6. The minimum Gasteiger partial charge on any atom is -0.494 e. The Bertz CT molecular complexity index is 4450. The molecule has 4 amide bonds. The fourth-order valence-electron chi connectivity index (χ4n) is 15.2. The molecule has 0 aromatic heterocycles. The highest BCUT2D eigenvalue weighted by atomic mass is 35.5. The van der Waals surface area contributed by atoms with Crippen LogP contribution in [-0.4, -0.2) is 171 Å². The topological polar surface area (TPSA) is 211 Å². The lowest BCUT2D eigenvalue weighted by Gasteiger charge is -2.36. The Labute approximate surface area is 767 Å². The molecule has 0 saturated carbocycles. The molecule has 8 aromatic carbocycles. The first-order valence-corrected chi connectivity index (χ1v) is 46.6. The molecule has 0 atom stereocenters. The molecule has 3 saturated heterocycles. The summed E-state index contributed by atoms with van der Waals surface area (Å²) in [5.74, 6) is 3.64. The van der Waals surface area contributed by atoms with Crippen LogP contribution in [0.3, 0.4) is 0 Å². The molecule has 664 valence electrons. The van der Waals surface area contributed by atoms with Crippen LogP contribution >= 0.6 is 92.8 Å². The van der Waals surface area contributed by atoms with Gasteiger partial charge in [-0.1, -0.05) is 175 Å². The normalized spacial score (nSPS) is 15.3. The maximum Gasteiger partial charge on any atom is 0.224 e. The number of halogens is 8. The van der Waals surface area contributed by atoms with Gasteiger partial charge in [-0.05, 0) is 198 Å². The molecule has 28 heteroatoms. The van der Waals surface area contributed by atoms with Crippen molar-refractivity contribution in [2.24, 2.45) is 5.73 Å². The van der Waals surface area contributed by atoms with Gasteiger partial charge in [0.25, 0.3) is 0 Å². The molecule has 7 heterocycles. The second-order valence-corrected chi connectivity index (χ2v) is 34.3. The minimum absolute atomic E-state index is 0.0809. The number of amides is 4. The van der Waals surface area contributed by atoms with Crippen LogP contribution in [-0.2, 0) is 44.9 Å². The van der Waals surface area contributed by atoms with E-state index < -0.39 is 0 Å². The third-order valence-corrected chi connectivity index (χ3v) is 25.2. The average Bonchev–Trinajstić information content (AvgIpc) is 0.871. The Morgan fingerprint density at radius 2 is 0.650 bits per heavy atom. The van der Waals surface area contributed by atoms with E-state index in [1.807, 2.05) is 133 Å². The summed E-state index contributed by atoms with van der Waals surface area (Å²) in [7, 11) is 0. The molecular formula is C95H120Cl8N12O8. The van der Waals surface area contributed by atoms with Crippen molar-refractivity contribution in [1.29, 1.82) is 0 Å². The lowest BCUT2D eigenvalue weighted by molar-refractivity contribution is -0.117. The molecule has 15 rings (SSSR count). The lowest BCUT2D eigenvalue weighted by atomic mass is 10.0. The van der Waals surface area contributed by atoms with Gasteiger partial charge in [0.2, 0.25) is 23.6 Å². The number of hydrogen-bond donors (Lipinski definition) is 6. The number of ether oxygens (including phenoxy) is 4. The van der Waals surface area contributed by atoms with Gasteiger partial charge in [-0.3, -0.25) is 29.0 Å². The summed E-state index contributed by atoms with van der Waals surface area (Å²) >= 11 is 49.3. The number of benzene rings is 8. The van der Waals surface area contributed by atoms with Crippen LogP contribution in [0.1, 0.15) is 139 Å². The molecule has 8 aromatic rings. The van der Waals surface area contributed by atoms with E-state index in [9.17, 15) is 19.2 Å². The molecular weight excluding hydrogens is 1720 g/mol. The molecule has 0 bridgehead atoms. The summed E-state index contributed by atoms with van der Waals surface area (Å²) in [5.41, 5.74) is 17.9. The van der Waals surface area contributed by atoms with E-state index in [0.717, 1.165) is 263 Å². The van der Waals surface area contributed by atoms with E-state index in [1.165, 1.54) is 35.1 Å². The number of nitrogens with zero attached hydrogens (tertiary/aromatic N) is 6. The molecule has 0 aliphatic carbocycles. The fraction of sp³-hybridized carbons (Fsp3) is 0.453. The van der Waals surface area contributed by atoms with Gasteiger partial charge >= 0.3 is 0 Å². The lowest BCUT2D eigenvalue weighted by Crippen LogP contribution is -2.46. The fourth-order valence-corrected chi connectivity index (χ4v) is 16.8. The van der Waals surface area contributed by atoms with Gasteiger partial charge in [0.1, 0.15) is 23.0 Å². The van der Waals surface area contributed by atoms with Crippen LogP contribution in [0.2, 0.25) is 40.2 Å². The highest BCUT2D eigenvalue weighted by Gasteiger charge is 2.25. The number of carbonyl (C=O) groups excluding carboxylic acids is 4. The molecule has 7 N–H and O–H groups in total. The van der Waals surface area contributed by atoms with Crippen LogP contribution < -0.4 is 70.9 Å². The van der Waals surface area contributed by atoms with Crippen molar-refractivity contribution in [3.8, 4) is 23.0 Å². The van der Waals surface area contributed by atoms with Crippen LogP contribution in [0.4, 0.5) is 45.5 Å². The van der Waals surface area contributed by atoms with Crippen LogP contribution in [0.5, 0.6) is 23.0 Å². The van der Waals surface area contributed by atoms with Crippen LogP contribution in [0.15, 0.2) is 146 Å². The van der Waals surface area contributed by atoms with Crippen LogP contribution in [0, 0.1) is 0 Å². The Kier molecular flexibility index (Phi) is 41.4. The monoisotopic (exact) mass is 1840 g/mol. The highest BCUT2D eigenvalue weighted by molar-refractivity contribution is 6.45. The Hall–Kier alpha value is -7.80. The van der Waals surface area contributed by atoms with Crippen molar-refractivity contribution < 1.29 is 38.1 Å². The van der Waals surface area contributed by atoms with Crippen molar-refractivity contribution >= 4 is 162 Å². The van der Waals surface area contributed by atoms with Crippen molar-refractivity contribution in [3.63, 3.8) is 0 Å². The molecule has 123 heavy (non-hydrogen) atoms. The second-order valence-electron chi connectivity index (χ2n) is 31.2. The van der Waals surface area contributed by atoms with Crippen molar-refractivity contribution in [2.75, 3.05) is 179 Å². The molecule has 0 spiro atoms. The number of nitrogens with two attached hydrogens (primary N) is 1. The summed E-state index contributed by atoms with van der Waals surface area (Å²) in [5, 5.41) is 20.0. The summed E-state index contributed by atoms with van der Waals surface area (Å²) in [4.78, 5) is 59.8. The SMILES string of the molecule is CCCCCOc1ccc2c(c1)NC(=O)CC2.CCCN(CCC)c1cccc(Cl)c1Cl.Clc1cccc(N2CCNCC2)c1Cl.NCCCCOc1ccc2c(c1)NC(=O)CC2.O=C1CCc2ccc(OCCCCN3CCN(c4cccc(Cl)c4Cl)CC3)cc2N1.O=C1CCc2ccc(OCCCCN3CCN(c4cccc(Cl)c4Cl)CC3)cc2N1. The second kappa shape index (κ2) is 52.3. The summed E-state index contributed by atoms with van der Waals surface area (Å²) < 4.78 is 23.0. The smallest absolute Gasteiger partial charge is 0.224 e. The molecule has 0 unspecified atom stereocenters. The number of nitrogens with one attached hydrogen (secondary N) is 5. The van der Waals surface area contributed by atoms with E-state index in [1.54, 1.807) is 0 Å². The third kappa shape index (κ3) is 31.3. The third-order valence-electron chi connectivity index (χ3n) is 22.0. The van der Waals surface area contributed by atoms with E-state index in [-0.39, 0.29) is 23.6 Å². The average molecular weight is 1840 g/mol. The van der Waals surface area contributed by atoms with Crippen LogP contribution in [0.25, 0.3) is 0 Å². The van der Waals surface area contributed by atoms with Gasteiger partial charge in [-0.25, -0.2) is 0 Å². The maximum absolute atomic E-state index is 11.5. The summed E-state index contributed by atoms with van der Waals surface area (Å²) in [6, 6.07) is 47.0. The number of unbranched alkanes of at least 4 members (excludes halogenated alkanes) is 5. The minimum atomic E-state index is 0.0809. The number of fused-ring (bicyclic) bond motifs is 4. The van der Waals surface area contributed by atoms with Gasteiger partial charge in [0.15, 0.2) is 0 Å². The zero-order chi connectivity index (χ0) is 87.2. The van der Waals surface area contributed by atoms with E-state index in [2.05, 4.69) is 88.9 Å². The van der Waals surface area contributed by atoms with Gasteiger partial charge in [-0.15, -0.1) is 0 Å². The Morgan fingerprint density at radius 3 is 0.976 bits per heavy atom. The first-order chi connectivity index (χ1) is 59.8. The van der Waals surface area contributed by atoms with E-state index >= 15 is 0 Å². The van der Waals surface area contributed by atoms with Crippen molar-refractivity contribution in [1.82, 2.24) is 15.1 Å². The zero-order valence-corrected chi connectivity index (χ0v) is 77.2. The first kappa shape index (κ1) is 97.4. The number of rotatable bonds is 30. The number of carbonyl (C=O) groups is 4. The quantitative estimate of drug-likeness (QED) is 0.0231. The Morgan fingerprint density at radius 1 is 0.341 bits per heavy atom. The van der Waals surface area contributed by atoms with Gasteiger partial charge < -0.3 is 70.9 Å². The van der Waals surface area contributed by atoms with Crippen molar-refractivity contribution in [2.45, 2.75) is 143 Å². The number of aryl methyl sites for hydroxylation is 4. The molecule has 7 aliphatic rings. The molecule has 0 radical (unpaired) electrons. The number of piperazine rings is 3. The highest BCUT2D eigenvalue weighted by Crippen LogP contribution is 2.39. The summed E-state index contributed by atoms with van der Waals surface area (Å²) in [6.07, 6.45) is 17.4. The standard InChI is InChI=1S/2C23H27Cl2N3O2.C14H19NO2.C13H18N2O2.C12H17Cl2N.C10H12Cl2N2/c2*24-19-4-3-5-21(23(19)25)28-13-11-27(12-14-28)10-1-2-15-30-18-8-6-17-7-9-22(29)26-20(17)16-18;1-2-3-4-9-17-12-7-5-11-6-8-14(16)15-13(11)10-12;14-7-1-2-8-17-11-5-3-10-4-6-13(16)15-12(10)9-11;1-3-8-15(9-4-2)11-7-5-6-10(13)12(11)14;11-8-2-1-3-9(10(8)12)14-6-4-13-5-7-14/h2*3-6,8,16H,1-2,7,9-15H2,(H,26,29);5,7,10H,2-4,6,8-9H2,1H3,(H,15,16);3,5,9H,1-2,4,6-8,14H2,(H,15,16);5-7H,3-4,8-9H2,1-2H3;1-3,13H,4-7H2. The van der Waals surface area contributed by atoms with Crippen molar-refractivity contribution in [3.05, 3.63) is 208 Å². The number of anilines is 8. The molecule has 7 aliphatic heterocycles. The van der Waals surface area contributed by atoms with Gasteiger partial charge in [0, 0.05) is 164 Å².